The normalized spacial score (nSPS) is 12.6. The molecule has 0 aromatic heterocycles. The number of sulfonamides is 1. The minimum absolute atomic E-state index is 0.0968. The van der Waals surface area contributed by atoms with E-state index in [2.05, 4.69) is 5.32 Å². The molecule has 1 atom stereocenters. The Morgan fingerprint density at radius 2 is 1.62 bits per heavy atom. The molecular weight excluding hydrogens is 474 g/mol. The molecular formula is C25H34ClN3O4S. The summed E-state index contributed by atoms with van der Waals surface area (Å²) in [4.78, 5) is 27.6. The van der Waals surface area contributed by atoms with Crippen molar-refractivity contribution in [3.05, 3.63) is 65.2 Å². The zero-order chi connectivity index (χ0) is 25.5. The number of para-hydroxylation sites is 1. The van der Waals surface area contributed by atoms with Gasteiger partial charge in [-0.2, -0.15) is 0 Å². The standard InChI is InChI=1S/C25H34ClN3O4S/c1-19(24(31)27-25(2,3)4)28(18-20-13-15-21(26)16-14-20)23(30)12-9-17-29(34(5,32)33)22-10-7-6-8-11-22/h6-8,10-11,13-16,19H,9,12,17-18H2,1-5H3,(H,27,31)/t19-/m0/s1. The fourth-order valence-corrected chi connectivity index (χ4v) is 4.53. The Morgan fingerprint density at radius 3 is 2.15 bits per heavy atom. The number of benzene rings is 2. The van der Waals surface area contributed by atoms with Crippen LogP contribution in [0.25, 0.3) is 0 Å². The predicted octanol–water partition coefficient (Wildman–Crippen LogP) is 4.22. The molecule has 0 saturated heterocycles. The first kappa shape index (κ1) is 27.7. The minimum Gasteiger partial charge on any atom is -0.350 e. The van der Waals surface area contributed by atoms with Crippen LogP contribution in [0.15, 0.2) is 54.6 Å². The lowest BCUT2D eigenvalue weighted by Gasteiger charge is -2.32. The van der Waals surface area contributed by atoms with Crippen LogP contribution in [0.5, 0.6) is 0 Å². The molecule has 0 unspecified atom stereocenters. The van der Waals surface area contributed by atoms with Crippen molar-refractivity contribution < 1.29 is 18.0 Å². The molecule has 0 saturated carbocycles. The maximum Gasteiger partial charge on any atom is 0.242 e. The third-order valence-electron chi connectivity index (χ3n) is 5.13. The second kappa shape index (κ2) is 11.7. The minimum atomic E-state index is -3.51. The second-order valence-electron chi connectivity index (χ2n) is 9.34. The lowest BCUT2D eigenvalue weighted by Crippen LogP contribution is -2.52. The lowest BCUT2D eigenvalue weighted by atomic mass is 10.1. The third-order valence-corrected chi connectivity index (χ3v) is 6.57. The summed E-state index contributed by atoms with van der Waals surface area (Å²) in [6.07, 6.45) is 1.55. The van der Waals surface area contributed by atoms with Gasteiger partial charge in [0.05, 0.1) is 11.9 Å². The fraction of sp³-hybridized carbons (Fsp3) is 0.440. The van der Waals surface area contributed by atoms with E-state index in [0.717, 1.165) is 11.8 Å². The van der Waals surface area contributed by atoms with Crippen molar-refractivity contribution in [2.75, 3.05) is 17.1 Å². The maximum atomic E-state index is 13.2. The Hall–Kier alpha value is -2.58. The number of hydrogen-bond donors (Lipinski definition) is 1. The number of carbonyl (C=O) groups excluding carboxylic acids is 2. The average molecular weight is 508 g/mol. The van der Waals surface area contributed by atoms with E-state index >= 15 is 0 Å². The zero-order valence-electron chi connectivity index (χ0n) is 20.4. The van der Waals surface area contributed by atoms with Crippen molar-refractivity contribution >= 4 is 39.1 Å². The van der Waals surface area contributed by atoms with Crippen molar-refractivity contribution in [2.45, 2.75) is 58.7 Å². The number of hydrogen-bond acceptors (Lipinski definition) is 4. The van der Waals surface area contributed by atoms with Crippen LogP contribution < -0.4 is 9.62 Å². The Balaban J connectivity index is 2.16. The van der Waals surface area contributed by atoms with Gasteiger partial charge in [0.2, 0.25) is 21.8 Å². The first-order valence-corrected chi connectivity index (χ1v) is 13.4. The molecule has 0 heterocycles. The summed E-state index contributed by atoms with van der Waals surface area (Å²) in [5, 5.41) is 3.51. The van der Waals surface area contributed by atoms with Crippen molar-refractivity contribution in [3.8, 4) is 0 Å². The fourth-order valence-electron chi connectivity index (χ4n) is 3.44. The highest BCUT2D eigenvalue weighted by molar-refractivity contribution is 7.92. The number of halogens is 1. The molecule has 34 heavy (non-hydrogen) atoms. The number of rotatable bonds is 10. The highest BCUT2D eigenvalue weighted by Crippen LogP contribution is 2.19. The monoisotopic (exact) mass is 507 g/mol. The molecule has 0 aliphatic rings. The van der Waals surface area contributed by atoms with Gasteiger partial charge in [0.25, 0.3) is 0 Å². The summed E-state index contributed by atoms with van der Waals surface area (Å²) >= 11 is 5.98. The van der Waals surface area contributed by atoms with Gasteiger partial charge in [-0.1, -0.05) is 41.9 Å². The van der Waals surface area contributed by atoms with Crippen molar-refractivity contribution in [1.82, 2.24) is 10.2 Å². The van der Waals surface area contributed by atoms with Crippen LogP contribution in [0.3, 0.4) is 0 Å². The molecule has 2 amide bonds. The zero-order valence-corrected chi connectivity index (χ0v) is 22.0. The first-order chi connectivity index (χ1) is 15.8. The van der Waals surface area contributed by atoms with Crippen LogP contribution in [0, 0.1) is 0 Å². The van der Waals surface area contributed by atoms with E-state index in [4.69, 9.17) is 11.6 Å². The smallest absolute Gasteiger partial charge is 0.242 e. The van der Waals surface area contributed by atoms with E-state index in [1.807, 2.05) is 39.0 Å². The SMILES string of the molecule is C[C@@H](C(=O)NC(C)(C)C)N(Cc1ccc(Cl)cc1)C(=O)CCCN(c1ccccc1)S(C)(=O)=O. The Morgan fingerprint density at radius 1 is 1.03 bits per heavy atom. The largest absolute Gasteiger partial charge is 0.350 e. The van der Waals surface area contributed by atoms with E-state index in [9.17, 15) is 18.0 Å². The maximum absolute atomic E-state index is 13.2. The Bertz CT molecular complexity index is 1070. The van der Waals surface area contributed by atoms with Crippen LogP contribution in [0.1, 0.15) is 46.1 Å². The van der Waals surface area contributed by atoms with E-state index in [0.29, 0.717) is 17.1 Å². The molecule has 9 heteroatoms. The van der Waals surface area contributed by atoms with Gasteiger partial charge in [-0.25, -0.2) is 8.42 Å². The van der Waals surface area contributed by atoms with Gasteiger partial charge in [-0.05, 0) is 63.9 Å². The van der Waals surface area contributed by atoms with E-state index in [1.54, 1.807) is 43.3 Å². The molecule has 0 spiro atoms. The van der Waals surface area contributed by atoms with Crippen LogP contribution in [-0.4, -0.2) is 49.5 Å². The third kappa shape index (κ3) is 8.65. The second-order valence-corrected chi connectivity index (χ2v) is 11.7. The summed E-state index contributed by atoms with van der Waals surface area (Å²) in [6, 6.07) is 15.2. The molecule has 0 aliphatic heterocycles. The average Bonchev–Trinajstić information content (AvgIpc) is 2.74. The number of anilines is 1. The van der Waals surface area contributed by atoms with Crippen molar-refractivity contribution in [1.29, 1.82) is 0 Å². The van der Waals surface area contributed by atoms with Crippen LogP contribution >= 0.6 is 11.6 Å². The molecule has 2 aromatic carbocycles. The summed E-state index contributed by atoms with van der Waals surface area (Å²) in [5.41, 5.74) is 0.954. The quantitative estimate of drug-likeness (QED) is 0.521. The van der Waals surface area contributed by atoms with Gasteiger partial charge in [-0.15, -0.1) is 0 Å². The number of carbonyl (C=O) groups is 2. The van der Waals surface area contributed by atoms with Gasteiger partial charge in [0.1, 0.15) is 6.04 Å². The van der Waals surface area contributed by atoms with E-state index in [-0.39, 0.29) is 31.3 Å². The Kier molecular flexibility index (Phi) is 9.53. The van der Waals surface area contributed by atoms with Crippen LogP contribution in [0.2, 0.25) is 5.02 Å². The highest BCUT2D eigenvalue weighted by atomic mass is 35.5. The van der Waals surface area contributed by atoms with Crippen molar-refractivity contribution in [2.24, 2.45) is 0 Å². The topological polar surface area (TPSA) is 86.8 Å². The molecule has 186 valence electrons. The number of nitrogens with zero attached hydrogens (tertiary/aromatic N) is 2. The van der Waals surface area contributed by atoms with E-state index in [1.165, 1.54) is 9.21 Å². The van der Waals surface area contributed by atoms with Crippen LogP contribution in [-0.2, 0) is 26.2 Å². The van der Waals surface area contributed by atoms with Gasteiger partial charge in [0, 0.05) is 30.1 Å². The van der Waals surface area contributed by atoms with Gasteiger partial charge < -0.3 is 10.2 Å². The number of nitrogens with one attached hydrogen (secondary N) is 1. The summed E-state index contributed by atoms with van der Waals surface area (Å²) in [6.45, 7) is 7.74. The van der Waals surface area contributed by atoms with E-state index < -0.39 is 21.6 Å². The first-order valence-electron chi connectivity index (χ1n) is 11.2. The molecule has 0 fully saturated rings. The summed E-state index contributed by atoms with van der Waals surface area (Å²) < 4.78 is 25.9. The van der Waals surface area contributed by atoms with Gasteiger partial charge in [0.15, 0.2) is 0 Å². The molecule has 2 aromatic rings. The molecule has 0 radical (unpaired) electrons. The summed E-state index contributed by atoms with van der Waals surface area (Å²) in [7, 11) is -3.51. The molecule has 2 rings (SSSR count). The van der Waals surface area contributed by atoms with Crippen molar-refractivity contribution in [3.63, 3.8) is 0 Å². The number of amides is 2. The predicted molar refractivity (Wildman–Crippen MR) is 137 cm³/mol. The molecule has 7 nitrogen and oxygen atoms in total. The van der Waals surface area contributed by atoms with Gasteiger partial charge >= 0.3 is 0 Å². The highest BCUT2D eigenvalue weighted by Gasteiger charge is 2.28. The Labute approximate surface area is 208 Å². The molecule has 1 N–H and O–H groups in total. The molecule has 0 bridgehead atoms. The van der Waals surface area contributed by atoms with Crippen LogP contribution in [0.4, 0.5) is 5.69 Å². The lowest BCUT2D eigenvalue weighted by molar-refractivity contribution is -0.141. The molecule has 0 aliphatic carbocycles. The van der Waals surface area contributed by atoms with Gasteiger partial charge in [-0.3, -0.25) is 13.9 Å². The summed E-state index contributed by atoms with van der Waals surface area (Å²) in [5.74, 6) is -0.482.